The van der Waals surface area contributed by atoms with Crippen molar-refractivity contribution in [1.29, 1.82) is 0 Å². The monoisotopic (exact) mass is 482 g/mol. The zero-order valence-corrected chi connectivity index (χ0v) is 19.8. The van der Waals surface area contributed by atoms with E-state index in [-0.39, 0.29) is 18.7 Å². The highest BCUT2D eigenvalue weighted by Crippen LogP contribution is 2.28. The lowest BCUT2D eigenvalue weighted by atomic mass is 9.94. The Morgan fingerprint density at radius 1 is 1.00 bits per heavy atom. The molecule has 0 bridgehead atoms. The fraction of sp³-hybridized carbons (Fsp3) is 0.269. The summed E-state index contributed by atoms with van der Waals surface area (Å²) >= 11 is 1.30. The van der Waals surface area contributed by atoms with Crippen molar-refractivity contribution in [2.24, 2.45) is 0 Å². The zero-order valence-electron chi connectivity index (χ0n) is 19.0. The second-order valence-corrected chi connectivity index (χ2v) is 9.75. The molecule has 1 atom stereocenters. The fourth-order valence-corrected chi connectivity index (χ4v) is 4.48. The minimum absolute atomic E-state index is 0.0452. The molecule has 2 aromatic carbocycles. The Labute approximate surface area is 201 Å². The van der Waals surface area contributed by atoms with Crippen LogP contribution in [0.2, 0.25) is 0 Å². The first-order chi connectivity index (χ1) is 16.1. The number of carbonyl (C=O) groups excluding carboxylic acids is 2. The molecular weight excluding hydrogens is 455 g/mol. The second kappa shape index (κ2) is 11.1. The van der Waals surface area contributed by atoms with E-state index < -0.39 is 29.4 Å². The van der Waals surface area contributed by atoms with Gasteiger partial charge in [0.2, 0.25) is 5.91 Å². The smallest absolute Gasteiger partial charge is 0.303 e. The average molecular weight is 483 g/mol. The van der Waals surface area contributed by atoms with Gasteiger partial charge in [0.1, 0.15) is 11.9 Å². The molecule has 8 heteroatoms. The Hall–Kier alpha value is -3.52. The van der Waals surface area contributed by atoms with Crippen LogP contribution in [0.1, 0.15) is 41.9 Å². The number of benzene rings is 2. The van der Waals surface area contributed by atoms with Gasteiger partial charge in [0.05, 0.1) is 4.88 Å². The Bertz CT molecular complexity index is 1140. The van der Waals surface area contributed by atoms with Gasteiger partial charge in [-0.15, -0.1) is 11.3 Å². The summed E-state index contributed by atoms with van der Waals surface area (Å²) in [6.45, 7) is 3.63. The van der Waals surface area contributed by atoms with Crippen LogP contribution in [0.5, 0.6) is 0 Å². The number of thiophene rings is 1. The second-order valence-electron chi connectivity index (χ2n) is 8.66. The first kappa shape index (κ1) is 25.1. The van der Waals surface area contributed by atoms with Crippen molar-refractivity contribution in [2.75, 3.05) is 0 Å². The Balaban J connectivity index is 1.69. The molecule has 0 radical (unpaired) electrons. The topological polar surface area (TPSA) is 95.5 Å². The molecule has 0 aliphatic rings. The molecule has 6 nitrogen and oxygen atoms in total. The van der Waals surface area contributed by atoms with Gasteiger partial charge < -0.3 is 15.7 Å². The van der Waals surface area contributed by atoms with Crippen LogP contribution in [-0.4, -0.2) is 34.5 Å². The molecule has 0 saturated carbocycles. The van der Waals surface area contributed by atoms with E-state index in [1.54, 1.807) is 18.2 Å². The van der Waals surface area contributed by atoms with Gasteiger partial charge in [0.15, 0.2) is 0 Å². The first-order valence-corrected chi connectivity index (χ1v) is 11.7. The van der Waals surface area contributed by atoms with Gasteiger partial charge in [0.25, 0.3) is 5.91 Å². The molecule has 2 amide bonds. The summed E-state index contributed by atoms with van der Waals surface area (Å²) in [6, 6.07) is 18.1. The van der Waals surface area contributed by atoms with Crippen molar-refractivity contribution in [3.05, 3.63) is 83.0 Å². The maximum atomic E-state index is 13.2. The van der Waals surface area contributed by atoms with E-state index in [1.807, 2.05) is 50.2 Å². The molecule has 3 N–H and O–H groups in total. The molecule has 3 aromatic rings. The number of hydrogen-bond donors (Lipinski definition) is 3. The van der Waals surface area contributed by atoms with E-state index in [9.17, 15) is 18.8 Å². The van der Waals surface area contributed by atoms with Crippen LogP contribution in [0.3, 0.4) is 0 Å². The van der Waals surface area contributed by atoms with Crippen LogP contribution in [0.4, 0.5) is 4.39 Å². The minimum atomic E-state index is -1.06. The number of carbonyl (C=O) groups is 3. The maximum Gasteiger partial charge on any atom is 0.303 e. The largest absolute Gasteiger partial charge is 0.481 e. The van der Waals surface area contributed by atoms with Crippen molar-refractivity contribution in [3.63, 3.8) is 0 Å². The van der Waals surface area contributed by atoms with E-state index in [4.69, 9.17) is 5.11 Å². The van der Waals surface area contributed by atoms with E-state index in [1.165, 1.54) is 23.5 Å². The van der Waals surface area contributed by atoms with Gasteiger partial charge in [-0.05, 0) is 62.1 Å². The molecule has 0 aliphatic carbocycles. The summed E-state index contributed by atoms with van der Waals surface area (Å²) in [6.07, 6.45) is 0.122. The van der Waals surface area contributed by atoms with Crippen LogP contribution in [-0.2, 0) is 16.0 Å². The van der Waals surface area contributed by atoms with Crippen molar-refractivity contribution in [1.82, 2.24) is 10.6 Å². The molecule has 1 aromatic heterocycles. The number of aliphatic carboxylic acids is 1. The summed E-state index contributed by atoms with van der Waals surface area (Å²) in [7, 11) is 0. The normalized spacial score (nSPS) is 12.1. The SMILES string of the molecule is CC(C)(Cc1ccc(F)cc1)NC(=O)[C@H](CCC(=O)O)NC(=O)c1ccc(-c2ccccc2)s1. The van der Waals surface area contributed by atoms with Gasteiger partial charge in [-0.1, -0.05) is 42.5 Å². The third kappa shape index (κ3) is 7.25. The van der Waals surface area contributed by atoms with Crippen LogP contribution >= 0.6 is 11.3 Å². The van der Waals surface area contributed by atoms with Gasteiger partial charge in [-0.2, -0.15) is 0 Å². The van der Waals surface area contributed by atoms with Gasteiger partial charge in [0, 0.05) is 16.8 Å². The van der Waals surface area contributed by atoms with Gasteiger partial charge in [-0.3, -0.25) is 14.4 Å². The Morgan fingerprint density at radius 2 is 1.68 bits per heavy atom. The van der Waals surface area contributed by atoms with Crippen molar-refractivity contribution in [2.45, 2.75) is 44.7 Å². The standard InChI is InChI=1S/C26H27FN2O4S/c1-26(2,16-17-8-10-19(27)11-9-17)29-24(32)20(12-15-23(30)31)28-25(33)22-14-13-21(34-22)18-6-4-3-5-7-18/h3-11,13-14,20H,12,15-16H2,1-2H3,(H,28,33)(H,29,32)(H,30,31)/t20-/m0/s1. The average Bonchev–Trinajstić information content (AvgIpc) is 3.28. The number of halogens is 1. The Morgan fingerprint density at radius 3 is 2.32 bits per heavy atom. The number of nitrogens with one attached hydrogen (secondary N) is 2. The molecule has 0 unspecified atom stereocenters. The summed E-state index contributed by atoms with van der Waals surface area (Å²) in [5.74, 6) is -2.30. The van der Waals surface area contributed by atoms with Crippen LogP contribution in [0, 0.1) is 5.82 Å². The highest BCUT2D eigenvalue weighted by atomic mass is 32.1. The molecule has 3 rings (SSSR count). The molecule has 0 saturated heterocycles. The third-order valence-corrected chi connectivity index (χ3v) is 6.31. The summed E-state index contributed by atoms with van der Waals surface area (Å²) in [5, 5.41) is 14.7. The van der Waals surface area contributed by atoms with Gasteiger partial charge in [-0.25, -0.2) is 4.39 Å². The number of rotatable bonds is 10. The molecule has 34 heavy (non-hydrogen) atoms. The fourth-order valence-electron chi connectivity index (χ4n) is 3.56. The molecule has 0 aliphatic heterocycles. The van der Waals surface area contributed by atoms with E-state index in [0.29, 0.717) is 11.3 Å². The van der Waals surface area contributed by atoms with Crippen LogP contribution in [0.15, 0.2) is 66.7 Å². The van der Waals surface area contributed by atoms with E-state index in [2.05, 4.69) is 10.6 Å². The predicted molar refractivity (Wildman–Crippen MR) is 130 cm³/mol. The van der Waals surface area contributed by atoms with Crippen molar-refractivity contribution >= 4 is 29.1 Å². The third-order valence-electron chi connectivity index (χ3n) is 5.18. The van der Waals surface area contributed by atoms with Crippen molar-refractivity contribution in [3.8, 4) is 10.4 Å². The van der Waals surface area contributed by atoms with Gasteiger partial charge >= 0.3 is 5.97 Å². The van der Waals surface area contributed by atoms with Crippen LogP contribution in [0.25, 0.3) is 10.4 Å². The lowest BCUT2D eigenvalue weighted by molar-refractivity contribution is -0.137. The van der Waals surface area contributed by atoms with Crippen LogP contribution < -0.4 is 10.6 Å². The van der Waals surface area contributed by atoms with E-state index >= 15 is 0 Å². The zero-order chi connectivity index (χ0) is 24.7. The summed E-state index contributed by atoms with van der Waals surface area (Å²) in [4.78, 5) is 38.4. The maximum absolute atomic E-state index is 13.2. The van der Waals surface area contributed by atoms with Crippen molar-refractivity contribution < 1.29 is 23.9 Å². The highest BCUT2D eigenvalue weighted by Gasteiger charge is 2.28. The lowest BCUT2D eigenvalue weighted by Crippen LogP contribution is -2.54. The molecule has 0 fully saturated rings. The molecular formula is C26H27FN2O4S. The quantitative estimate of drug-likeness (QED) is 0.392. The summed E-state index contributed by atoms with van der Waals surface area (Å²) < 4.78 is 13.2. The molecule has 178 valence electrons. The highest BCUT2D eigenvalue weighted by molar-refractivity contribution is 7.17. The lowest BCUT2D eigenvalue weighted by Gasteiger charge is -2.29. The Kier molecular flexibility index (Phi) is 8.17. The number of carboxylic acid groups (broad SMARTS) is 1. The molecule has 1 heterocycles. The molecule has 0 spiro atoms. The predicted octanol–water partition coefficient (Wildman–Crippen LogP) is 4.65. The van der Waals surface area contributed by atoms with E-state index in [0.717, 1.165) is 16.0 Å². The number of amides is 2. The summed E-state index contributed by atoms with van der Waals surface area (Å²) in [5.41, 5.74) is 1.11. The first-order valence-electron chi connectivity index (χ1n) is 10.9. The number of carboxylic acids is 1. The number of hydrogen-bond acceptors (Lipinski definition) is 4. The minimum Gasteiger partial charge on any atom is -0.481 e.